The second-order valence-electron chi connectivity index (χ2n) is 3.60. The van der Waals surface area contributed by atoms with Gasteiger partial charge < -0.3 is 18.7 Å². The number of hydrogen-bond acceptors (Lipinski definition) is 6. The molecule has 0 aliphatic heterocycles. The van der Waals surface area contributed by atoms with Crippen molar-refractivity contribution in [3.05, 3.63) is 42.3 Å². The zero-order valence-electron chi connectivity index (χ0n) is 10.3. The Morgan fingerprint density at radius 1 is 1.14 bits per heavy atom. The Kier molecular flexibility index (Phi) is 4.31. The zero-order chi connectivity index (χ0) is 15.3. The first kappa shape index (κ1) is 14.7. The fraction of sp³-hybridized carbons (Fsp3) is 0.167. The molecule has 6 nitrogen and oxygen atoms in total. The molecule has 0 amide bonds. The maximum absolute atomic E-state index is 11.9. The quantitative estimate of drug-likeness (QED) is 0.625. The first-order valence-electron chi connectivity index (χ1n) is 5.50. The van der Waals surface area contributed by atoms with Crippen LogP contribution < -0.4 is 9.47 Å². The molecule has 0 fully saturated rings. The largest absolute Gasteiger partial charge is 0.573 e. The summed E-state index contributed by atoms with van der Waals surface area (Å²) in [6, 6.07) is 5.94. The van der Waals surface area contributed by atoms with Crippen LogP contribution in [-0.4, -0.2) is 24.3 Å². The van der Waals surface area contributed by atoms with Crippen LogP contribution in [0.1, 0.15) is 10.5 Å². The van der Waals surface area contributed by atoms with E-state index in [0.29, 0.717) is 0 Å². The van der Waals surface area contributed by atoms with Gasteiger partial charge >= 0.3 is 12.3 Å². The molecule has 0 aliphatic rings. The summed E-state index contributed by atoms with van der Waals surface area (Å²) < 4.78 is 53.7. The predicted octanol–water partition coefficient (Wildman–Crippen LogP) is 2.77. The van der Waals surface area contributed by atoms with Crippen LogP contribution in [0.4, 0.5) is 13.2 Å². The molecule has 0 radical (unpaired) electrons. The number of rotatable bonds is 5. The number of carbonyl (C=O) groups excluding carboxylic acids is 1. The zero-order valence-corrected chi connectivity index (χ0v) is 10.3. The highest BCUT2D eigenvalue weighted by atomic mass is 19.4. The van der Waals surface area contributed by atoms with E-state index in [1.165, 1.54) is 24.5 Å². The summed E-state index contributed by atoms with van der Waals surface area (Å²) in [6.07, 6.45) is -3.55. The summed E-state index contributed by atoms with van der Waals surface area (Å²) in [7, 11) is 0. The van der Waals surface area contributed by atoms with Crippen molar-refractivity contribution in [2.45, 2.75) is 6.36 Å². The molecule has 0 unspecified atom stereocenters. The number of halogens is 3. The minimum Gasteiger partial charge on any atom is -0.457 e. The average Bonchev–Trinajstić information content (AvgIpc) is 2.93. The standard InChI is InChI=1S/C12H8F3NO5/c13-12(14,15)21-9-3-1-8(2-4-9)18-7-19-11(17)10-5-6-20-16-10/h1-6H,7H2. The maximum atomic E-state index is 11.9. The summed E-state index contributed by atoms with van der Waals surface area (Å²) in [5.74, 6) is -0.923. The number of benzene rings is 1. The van der Waals surface area contributed by atoms with E-state index < -0.39 is 19.1 Å². The molecule has 21 heavy (non-hydrogen) atoms. The normalized spacial score (nSPS) is 11.0. The molecule has 112 valence electrons. The molecule has 0 N–H and O–H groups in total. The van der Waals surface area contributed by atoms with Gasteiger partial charge in [0.05, 0.1) is 0 Å². The third-order valence-corrected chi connectivity index (χ3v) is 2.12. The van der Waals surface area contributed by atoms with E-state index >= 15 is 0 Å². The second-order valence-corrected chi connectivity index (χ2v) is 3.60. The van der Waals surface area contributed by atoms with Gasteiger partial charge in [-0.15, -0.1) is 13.2 Å². The van der Waals surface area contributed by atoms with E-state index in [4.69, 9.17) is 9.47 Å². The van der Waals surface area contributed by atoms with Crippen molar-refractivity contribution in [3.63, 3.8) is 0 Å². The molecule has 0 saturated carbocycles. The molecular formula is C12H8F3NO5. The minimum atomic E-state index is -4.75. The molecular weight excluding hydrogens is 295 g/mol. The highest BCUT2D eigenvalue weighted by Gasteiger charge is 2.30. The van der Waals surface area contributed by atoms with Crippen LogP contribution in [0.5, 0.6) is 11.5 Å². The van der Waals surface area contributed by atoms with E-state index in [1.54, 1.807) is 0 Å². The van der Waals surface area contributed by atoms with Gasteiger partial charge in [-0.05, 0) is 24.3 Å². The number of ether oxygens (including phenoxy) is 3. The monoisotopic (exact) mass is 303 g/mol. The number of nitrogens with zero attached hydrogens (tertiary/aromatic N) is 1. The molecule has 2 rings (SSSR count). The van der Waals surface area contributed by atoms with Crippen molar-refractivity contribution < 1.29 is 36.7 Å². The van der Waals surface area contributed by atoms with Crippen molar-refractivity contribution in [2.24, 2.45) is 0 Å². The average molecular weight is 303 g/mol. The Morgan fingerprint density at radius 2 is 1.81 bits per heavy atom. The Hall–Kier alpha value is -2.71. The molecule has 9 heteroatoms. The lowest BCUT2D eigenvalue weighted by atomic mass is 10.3. The number of hydrogen-bond donors (Lipinski definition) is 0. The Labute approximate surface area is 116 Å². The van der Waals surface area contributed by atoms with Gasteiger partial charge in [0.15, 0.2) is 5.69 Å². The van der Waals surface area contributed by atoms with Crippen molar-refractivity contribution >= 4 is 5.97 Å². The van der Waals surface area contributed by atoms with Gasteiger partial charge in [-0.1, -0.05) is 5.16 Å². The topological polar surface area (TPSA) is 70.8 Å². The van der Waals surface area contributed by atoms with Crippen LogP contribution in [0.2, 0.25) is 0 Å². The minimum absolute atomic E-state index is 0.0208. The highest BCUT2D eigenvalue weighted by molar-refractivity contribution is 5.86. The van der Waals surface area contributed by atoms with Gasteiger partial charge in [0.25, 0.3) is 0 Å². The van der Waals surface area contributed by atoms with Crippen LogP contribution in [0, 0.1) is 0 Å². The summed E-state index contributed by atoms with van der Waals surface area (Å²) in [5, 5.41) is 3.36. The van der Waals surface area contributed by atoms with Gasteiger partial charge in [0, 0.05) is 6.07 Å². The second kappa shape index (κ2) is 6.16. The van der Waals surface area contributed by atoms with Gasteiger partial charge in [0.1, 0.15) is 17.8 Å². The van der Waals surface area contributed by atoms with Crippen LogP contribution >= 0.6 is 0 Å². The van der Waals surface area contributed by atoms with Crippen LogP contribution in [0.3, 0.4) is 0 Å². The van der Waals surface area contributed by atoms with E-state index in [9.17, 15) is 18.0 Å². The number of esters is 1. The lowest BCUT2D eigenvalue weighted by molar-refractivity contribution is -0.274. The lowest BCUT2D eigenvalue weighted by Crippen LogP contribution is -2.17. The first-order chi connectivity index (χ1) is 9.94. The van der Waals surface area contributed by atoms with Crippen LogP contribution in [0.15, 0.2) is 41.1 Å². The number of alkyl halides is 3. The number of carbonyl (C=O) groups is 1. The molecule has 1 aromatic carbocycles. The van der Waals surface area contributed by atoms with Gasteiger partial charge in [-0.25, -0.2) is 4.79 Å². The van der Waals surface area contributed by atoms with Crippen molar-refractivity contribution in [3.8, 4) is 11.5 Å². The molecule has 1 aromatic heterocycles. The first-order valence-corrected chi connectivity index (χ1v) is 5.50. The fourth-order valence-corrected chi connectivity index (χ4v) is 1.28. The van der Waals surface area contributed by atoms with E-state index in [1.807, 2.05) is 0 Å². The third kappa shape index (κ3) is 4.71. The third-order valence-electron chi connectivity index (χ3n) is 2.12. The molecule has 1 heterocycles. The molecule has 0 aliphatic carbocycles. The Morgan fingerprint density at radius 3 is 2.38 bits per heavy atom. The summed E-state index contributed by atoms with van der Waals surface area (Å²) in [5.41, 5.74) is -0.0208. The summed E-state index contributed by atoms with van der Waals surface area (Å²) in [4.78, 5) is 11.3. The molecule has 2 aromatic rings. The molecule has 0 bridgehead atoms. The van der Waals surface area contributed by atoms with Gasteiger partial charge in [-0.2, -0.15) is 0 Å². The maximum Gasteiger partial charge on any atom is 0.573 e. The van der Waals surface area contributed by atoms with Gasteiger partial charge in [-0.3, -0.25) is 0 Å². The Bertz CT molecular complexity index is 580. The van der Waals surface area contributed by atoms with E-state index in [2.05, 4.69) is 14.4 Å². The molecule has 0 atom stereocenters. The molecule has 0 spiro atoms. The van der Waals surface area contributed by atoms with Crippen LogP contribution in [0.25, 0.3) is 0 Å². The molecule has 0 saturated heterocycles. The number of aromatic nitrogens is 1. The van der Waals surface area contributed by atoms with Crippen LogP contribution in [-0.2, 0) is 4.74 Å². The summed E-state index contributed by atoms with van der Waals surface area (Å²) in [6.45, 7) is -0.425. The summed E-state index contributed by atoms with van der Waals surface area (Å²) >= 11 is 0. The smallest absolute Gasteiger partial charge is 0.457 e. The van der Waals surface area contributed by atoms with Crippen molar-refractivity contribution in [1.29, 1.82) is 0 Å². The highest BCUT2D eigenvalue weighted by Crippen LogP contribution is 2.24. The lowest BCUT2D eigenvalue weighted by Gasteiger charge is -2.10. The van der Waals surface area contributed by atoms with E-state index in [0.717, 1.165) is 12.1 Å². The fourth-order valence-electron chi connectivity index (χ4n) is 1.28. The van der Waals surface area contributed by atoms with Crippen molar-refractivity contribution in [2.75, 3.05) is 6.79 Å². The Balaban J connectivity index is 1.80. The van der Waals surface area contributed by atoms with E-state index in [-0.39, 0.29) is 17.2 Å². The SMILES string of the molecule is O=C(OCOc1ccc(OC(F)(F)F)cc1)c1ccon1. The predicted molar refractivity (Wildman–Crippen MR) is 60.5 cm³/mol. The van der Waals surface area contributed by atoms with Crippen molar-refractivity contribution in [1.82, 2.24) is 5.16 Å². The van der Waals surface area contributed by atoms with Gasteiger partial charge in [0.2, 0.25) is 6.79 Å².